The topological polar surface area (TPSA) is 78.9 Å². The smallest absolute Gasteiger partial charge is 0.260 e. The molecule has 0 fully saturated rings. The van der Waals surface area contributed by atoms with Crippen LogP contribution in [0.15, 0.2) is 54.1 Å². The van der Waals surface area contributed by atoms with Crippen LogP contribution >= 0.6 is 0 Å². The summed E-state index contributed by atoms with van der Waals surface area (Å²) in [5.74, 6) is -0.714. The average Bonchev–Trinajstić information content (AvgIpc) is 2.47. The zero-order chi connectivity index (χ0) is 14.1. The second-order valence-electron chi connectivity index (χ2n) is 4.44. The fourth-order valence-electron chi connectivity index (χ4n) is 2.41. The number of nitriles is 1. The molecule has 96 valence electrons. The second-order valence-corrected chi connectivity index (χ2v) is 4.44. The fraction of sp³-hybridized carbons (Fsp3) is 0. The summed E-state index contributed by atoms with van der Waals surface area (Å²) in [4.78, 5) is 11.6. The van der Waals surface area contributed by atoms with Crippen molar-refractivity contribution in [3.05, 3.63) is 65.2 Å². The molecular formula is C16H11N3O. The third-order valence-corrected chi connectivity index (χ3v) is 3.27. The number of amides is 1. The predicted octanol–water partition coefficient (Wildman–Crippen LogP) is 2.55. The molecule has 20 heavy (non-hydrogen) atoms. The molecule has 0 aromatic heterocycles. The van der Waals surface area contributed by atoms with Crippen molar-refractivity contribution in [3.63, 3.8) is 0 Å². The zero-order valence-electron chi connectivity index (χ0n) is 10.6. The van der Waals surface area contributed by atoms with Crippen molar-refractivity contribution in [2.75, 3.05) is 5.32 Å². The van der Waals surface area contributed by atoms with Crippen molar-refractivity contribution in [1.82, 2.24) is 0 Å². The average molecular weight is 261 g/mol. The third-order valence-electron chi connectivity index (χ3n) is 3.27. The van der Waals surface area contributed by atoms with Gasteiger partial charge < -0.3 is 11.1 Å². The van der Waals surface area contributed by atoms with Crippen molar-refractivity contribution in [3.8, 4) is 6.07 Å². The van der Waals surface area contributed by atoms with Crippen molar-refractivity contribution >= 4 is 22.9 Å². The molecule has 0 radical (unpaired) electrons. The molecule has 3 rings (SSSR count). The summed E-state index contributed by atoms with van der Waals surface area (Å²) in [6, 6.07) is 17.0. The fourth-order valence-corrected chi connectivity index (χ4v) is 2.41. The largest absolute Gasteiger partial charge is 0.365 e. The number of nitrogens with one attached hydrogen (secondary N) is 1. The first-order valence-electron chi connectivity index (χ1n) is 6.12. The van der Waals surface area contributed by atoms with Gasteiger partial charge in [-0.1, -0.05) is 36.4 Å². The van der Waals surface area contributed by atoms with E-state index in [2.05, 4.69) is 5.32 Å². The molecule has 0 aliphatic carbocycles. The van der Waals surface area contributed by atoms with Gasteiger partial charge in [0.2, 0.25) is 0 Å². The molecule has 1 heterocycles. The summed E-state index contributed by atoms with van der Waals surface area (Å²) >= 11 is 0. The summed E-state index contributed by atoms with van der Waals surface area (Å²) < 4.78 is 0. The van der Waals surface area contributed by atoms with Gasteiger partial charge in [0, 0.05) is 28.1 Å². The zero-order valence-corrected chi connectivity index (χ0v) is 10.6. The van der Waals surface area contributed by atoms with Gasteiger partial charge >= 0.3 is 0 Å². The number of anilines is 2. The van der Waals surface area contributed by atoms with Crippen LogP contribution in [0.25, 0.3) is 5.57 Å². The van der Waals surface area contributed by atoms with Crippen LogP contribution in [-0.4, -0.2) is 5.91 Å². The lowest BCUT2D eigenvalue weighted by molar-refractivity contribution is -0.114. The maximum Gasteiger partial charge on any atom is 0.260 e. The third kappa shape index (κ3) is 1.73. The molecule has 0 atom stereocenters. The van der Waals surface area contributed by atoms with Crippen LogP contribution < -0.4 is 11.1 Å². The first-order chi connectivity index (χ1) is 9.72. The van der Waals surface area contributed by atoms with Gasteiger partial charge in [-0.25, -0.2) is 0 Å². The number of nitrogens with zero attached hydrogens (tertiary/aromatic N) is 1. The number of carbonyl (C=O) groups is 1. The summed E-state index contributed by atoms with van der Waals surface area (Å²) in [6.45, 7) is 0. The predicted molar refractivity (Wildman–Crippen MR) is 77.0 cm³/mol. The number of carbonyl (C=O) groups excluding carboxylic acids is 1. The molecule has 0 unspecified atom stereocenters. The number of fused-ring (bicyclic) bond motifs is 2. The molecule has 0 saturated heterocycles. The standard InChI is InChI=1S/C16H11N3O/c17-9-12(16(18)20)15-10-5-1-3-7-13(10)19-14-8-4-2-6-11(14)15/h1-8,19H,(H2,18,20). The molecular weight excluding hydrogens is 250 g/mol. The molecule has 0 spiro atoms. The Kier molecular flexibility index (Phi) is 2.73. The minimum Gasteiger partial charge on any atom is -0.365 e. The van der Waals surface area contributed by atoms with E-state index in [0.717, 1.165) is 22.5 Å². The van der Waals surface area contributed by atoms with E-state index in [9.17, 15) is 10.1 Å². The molecule has 1 aliphatic rings. The Bertz CT molecular complexity index is 737. The van der Waals surface area contributed by atoms with Crippen molar-refractivity contribution < 1.29 is 4.79 Å². The highest BCUT2D eigenvalue weighted by molar-refractivity contribution is 6.11. The van der Waals surface area contributed by atoms with Crippen LogP contribution in [0.4, 0.5) is 11.4 Å². The van der Waals surface area contributed by atoms with Gasteiger partial charge in [0.05, 0.1) is 0 Å². The number of nitrogens with two attached hydrogens (primary N) is 1. The first-order valence-corrected chi connectivity index (χ1v) is 6.12. The lowest BCUT2D eigenvalue weighted by Gasteiger charge is -2.24. The van der Waals surface area contributed by atoms with Gasteiger partial charge in [0.15, 0.2) is 0 Å². The lowest BCUT2D eigenvalue weighted by atomic mass is 9.88. The lowest BCUT2D eigenvalue weighted by Crippen LogP contribution is -2.17. The molecule has 0 saturated carbocycles. The highest BCUT2D eigenvalue weighted by atomic mass is 16.1. The number of rotatable bonds is 1. The van der Waals surface area contributed by atoms with Crippen molar-refractivity contribution in [1.29, 1.82) is 5.26 Å². The molecule has 4 heteroatoms. The highest BCUT2D eigenvalue weighted by Gasteiger charge is 2.24. The Hall–Kier alpha value is -3.06. The van der Waals surface area contributed by atoms with E-state index < -0.39 is 5.91 Å². The maximum absolute atomic E-state index is 11.6. The van der Waals surface area contributed by atoms with E-state index >= 15 is 0 Å². The Morgan fingerprint density at radius 3 is 1.95 bits per heavy atom. The molecule has 2 aromatic carbocycles. The van der Waals surface area contributed by atoms with Gasteiger partial charge in [0.1, 0.15) is 11.6 Å². The first kappa shape index (κ1) is 12.0. The second kappa shape index (κ2) is 4.56. The molecule has 3 N–H and O–H groups in total. The van der Waals surface area contributed by atoms with E-state index in [4.69, 9.17) is 5.73 Å². The quantitative estimate of drug-likeness (QED) is 0.522. The van der Waals surface area contributed by atoms with E-state index in [0.29, 0.717) is 5.57 Å². The van der Waals surface area contributed by atoms with Gasteiger partial charge in [-0.3, -0.25) is 4.79 Å². The van der Waals surface area contributed by atoms with Gasteiger partial charge in [0.25, 0.3) is 5.91 Å². The number of para-hydroxylation sites is 2. The van der Waals surface area contributed by atoms with Crippen LogP contribution in [0.3, 0.4) is 0 Å². The Balaban J connectivity index is 2.40. The van der Waals surface area contributed by atoms with E-state index in [1.54, 1.807) is 0 Å². The number of benzene rings is 2. The van der Waals surface area contributed by atoms with Crippen molar-refractivity contribution in [2.24, 2.45) is 5.73 Å². The molecule has 2 aromatic rings. The minimum atomic E-state index is -0.714. The maximum atomic E-state index is 11.6. The minimum absolute atomic E-state index is 0.0219. The van der Waals surface area contributed by atoms with Crippen LogP contribution in [0.5, 0.6) is 0 Å². The van der Waals surface area contributed by atoms with Gasteiger partial charge in [-0.05, 0) is 12.1 Å². The van der Waals surface area contributed by atoms with Gasteiger partial charge in [-0.15, -0.1) is 0 Å². The Morgan fingerprint density at radius 2 is 1.50 bits per heavy atom. The van der Waals surface area contributed by atoms with Crippen LogP contribution in [0.2, 0.25) is 0 Å². The summed E-state index contributed by atoms with van der Waals surface area (Å²) in [6.07, 6.45) is 0. The number of primary amides is 1. The van der Waals surface area contributed by atoms with E-state index in [-0.39, 0.29) is 5.57 Å². The van der Waals surface area contributed by atoms with Crippen LogP contribution in [0.1, 0.15) is 11.1 Å². The number of hydrogen-bond donors (Lipinski definition) is 2. The van der Waals surface area contributed by atoms with Crippen molar-refractivity contribution in [2.45, 2.75) is 0 Å². The summed E-state index contributed by atoms with van der Waals surface area (Å²) in [5.41, 5.74) is 9.25. The highest BCUT2D eigenvalue weighted by Crippen LogP contribution is 2.41. The van der Waals surface area contributed by atoms with E-state index in [1.165, 1.54) is 0 Å². The van der Waals surface area contributed by atoms with Crippen LogP contribution in [-0.2, 0) is 4.79 Å². The van der Waals surface area contributed by atoms with Crippen LogP contribution in [0, 0.1) is 11.3 Å². The normalized spacial score (nSPS) is 11.7. The monoisotopic (exact) mass is 261 g/mol. The molecule has 1 amide bonds. The Morgan fingerprint density at radius 1 is 1.00 bits per heavy atom. The molecule has 1 aliphatic heterocycles. The van der Waals surface area contributed by atoms with E-state index in [1.807, 2.05) is 54.6 Å². The Labute approximate surface area is 116 Å². The SMILES string of the molecule is N#CC(C(N)=O)=C1c2ccccc2Nc2ccccc21. The van der Waals surface area contributed by atoms with Gasteiger partial charge in [-0.2, -0.15) is 5.26 Å². The number of hydrogen-bond acceptors (Lipinski definition) is 3. The molecule has 4 nitrogen and oxygen atoms in total. The summed E-state index contributed by atoms with van der Waals surface area (Å²) in [7, 11) is 0. The molecule has 0 bridgehead atoms. The summed E-state index contributed by atoms with van der Waals surface area (Å²) in [5, 5.41) is 12.6.